The van der Waals surface area contributed by atoms with Crippen molar-refractivity contribution in [2.24, 2.45) is 23.2 Å². The van der Waals surface area contributed by atoms with Crippen molar-refractivity contribution in [2.45, 2.75) is 56.7 Å². The largest absolute Gasteiger partial charge is 0.390 e. The fraction of sp³-hybridized carbons (Fsp3) is 0.682. The lowest BCUT2D eigenvalue weighted by Crippen LogP contribution is -2.62. The van der Waals surface area contributed by atoms with E-state index < -0.39 is 5.60 Å². The Balaban J connectivity index is 1.46. The molecule has 0 spiro atoms. The number of aliphatic hydroxyl groups is 2. The molecule has 1 heterocycles. The standard InChI is InChI=1S/C22H29NO3/c24-19-13-23(14-19)20(25)12-22(9-15-4-2-1-3-5-15)17-6-16-7-18(22)11-21(26,8-16)10-17/h1-5,16-19,24,26H,6-14H2/t16?,17?,18?,21-,22+. The number of benzene rings is 1. The van der Waals surface area contributed by atoms with Crippen LogP contribution >= 0.6 is 0 Å². The molecule has 4 heteroatoms. The molecule has 5 aliphatic rings. The third-order valence-corrected chi connectivity index (χ3v) is 7.85. The molecular formula is C22H29NO3. The molecule has 1 saturated heterocycles. The van der Waals surface area contributed by atoms with Crippen molar-refractivity contribution in [1.29, 1.82) is 0 Å². The molecule has 6 rings (SSSR count). The van der Waals surface area contributed by atoms with Crippen molar-refractivity contribution in [3.05, 3.63) is 35.9 Å². The lowest BCUT2D eigenvalue weighted by Gasteiger charge is -2.64. The van der Waals surface area contributed by atoms with E-state index in [1.54, 1.807) is 0 Å². The summed E-state index contributed by atoms with van der Waals surface area (Å²) in [4.78, 5) is 14.8. The number of hydrogen-bond acceptors (Lipinski definition) is 3. The third kappa shape index (κ3) is 2.61. The topological polar surface area (TPSA) is 60.8 Å². The van der Waals surface area contributed by atoms with Crippen LogP contribution in [0.5, 0.6) is 0 Å². The van der Waals surface area contributed by atoms with Crippen LogP contribution in [-0.4, -0.2) is 45.8 Å². The molecule has 1 aromatic rings. The van der Waals surface area contributed by atoms with Crippen LogP contribution in [0.4, 0.5) is 0 Å². The van der Waals surface area contributed by atoms with Crippen molar-refractivity contribution in [1.82, 2.24) is 4.90 Å². The number of aliphatic hydroxyl groups excluding tert-OH is 1. The van der Waals surface area contributed by atoms with Crippen LogP contribution in [0.25, 0.3) is 0 Å². The molecule has 0 radical (unpaired) electrons. The van der Waals surface area contributed by atoms with Crippen LogP contribution in [0, 0.1) is 23.2 Å². The van der Waals surface area contributed by atoms with Crippen molar-refractivity contribution < 1.29 is 15.0 Å². The Morgan fingerprint density at radius 2 is 1.73 bits per heavy atom. The fourth-order valence-electron chi connectivity index (χ4n) is 6.82. The molecule has 2 atom stereocenters. The van der Waals surface area contributed by atoms with Crippen LogP contribution in [0.1, 0.15) is 44.1 Å². The highest BCUT2D eigenvalue weighted by Crippen LogP contribution is 2.65. The van der Waals surface area contributed by atoms with Gasteiger partial charge in [0.2, 0.25) is 5.91 Å². The number of likely N-dealkylation sites (tertiary alicyclic amines) is 1. The molecule has 4 saturated carbocycles. The first-order valence-electron chi connectivity index (χ1n) is 10.2. The third-order valence-electron chi connectivity index (χ3n) is 7.85. The number of nitrogens with zero attached hydrogens (tertiary/aromatic N) is 1. The summed E-state index contributed by atoms with van der Waals surface area (Å²) < 4.78 is 0. The molecule has 4 nitrogen and oxygen atoms in total. The highest BCUT2D eigenvalue weighted by Gasteiger charge is 2.62. The Bertz CT molecular complexity index is 681. The van der Waals surface area contributed by atoms with Crippen LogP contribution in [0.2, 0.25) is 0 Å². The summed E-state index contributed by atoms with van der Waals surface area (Å²) >= 11 is 0. The highest BCUT2D eigenvalue weighted by molar-refractivity contribution is 5.78. The van der Waals surface area contributed by atoms with Gasteiger partial charge in [-0.3, -0.25) is 4.79 Å². The van der Waals surface area contributed by atoms with Gasteiger partial charge in [0.1, 0.15) is 0 Å². The molecule has 2 unspecified atom stereocenters. The number of hydrogen-bond donors (Lipinski definition) is 2. The predicted molar refractivity (Wildman–Crippen MR) is 98.3 cm³/mol. The minimum absolute atomic E-state index is 0.0257. The molecule has 140 valence electrons. The van der Waals surface area contributed by atoms with E-state index in [1.807, 2.05) is 11.0 Å². The second-order valence-corrected chi connectivity index (χ2v) is 9.59. The first-order valence-corrected chi connectivity index (χ1v) is 10.2. The Hall–Kier alpha value is -1.39. The molecular weight excluding hydrogens is 326 g/mol. The smallest absolute Gasteiger partial charge is 0.223 e. The molecule has 1 aromatic carbocycles. The maximum Gasteiger partial charge on any atom is 0.223 e. The molecule has 1 aliphatic heterocycles. The van der Waals surface area contributed by atoms with Crippen LogP contribution in [-0.2, 0) is 11.2 Å². The molecule has 4 aliphatic carbocycles. The van der Waals surface area contributed by atoms with Gasteiger partial charge in [-0.05, 0) is 67.3 Å². The van der Waals surface area contributed by atoms with Crippen molar-refractivity contribution in [3.63, 3.8) is 0 Å². The van der Waals surface area contributed by atoms with E-state index in [9.17, 15) is 15.0 Å². The first-order chi connectivity index (χ1) is 12.5. The summed E-state index contributed by atoms with van der Waals surface area (Å²) in [6.45, 7) is 0.976. The second-order valence-electron chi connectivity index (χ2n) is 9.59. The van der Waals surface area contributed by atoms with E-state index in [0.717, 1.165) is 25.7 Å². The molecule has 0 aromatic heterocycles. The van der Waals surface area contributed by atoms with Crippen LogP contribution in [0.3, 0.4) is 0 Å². The van der Waals surface area contributed by atoms with Gasteiger partial charge in [-0.15, -0.1) is 0 Å². The molecule has 5 fully saturated rings. The van der Waals surface area contributed by atoms with Gasteiger partial charge < -0.3 is 15.1 Å². The summed E-state index contributed by atoms with van der Waals surface area (Å²) in [5.74, 6) is 1.72. The lowest BCUT2D eigenvalue weighted by atomic mass is 9.42. The van der Waals surface area contributed by atoms with Gasteiger partial charge >= 0.3 is 0 Å². The molecule has 4 bridgehead atoms. The van der Waals surface area contributed by atoms with Gasteiger partial charge in [0.25, 0.3) is 0 Å². The number of carbonyl (C=O) groups is 1. The molecule has 26 heavy (non-hydrogen) atoms. The van der Waals surface area contributed by atoms with Gasteiger partial charge in [0.05, 0.1) is 11.7 Å². The quantitative estimate of drug-likeness (QED) is 0.872. The van der Waals surface area contributed by atoms with Gasteiger partial charge in [0, 0.05) is 19.5 Å². The maximum atomic E-state index is 13.0. The second kappa shape index (κ2) is 5.80. The fourth-order valence-corrected chi connectivity index (χ4v) is 6.82. The normalized spacial score (nSPS) is 41.3. The minimum atomic E-state index is -0.479. The zero-order chi connectivity index (χ0) is 17.9. The van der Waals surface area contributed by atoms with Crippen molar-refractivity contribution in [2.75, 3.05) is 13.1 Å². The first kappa shape index (κ1) is 16.8. The predicted octanol–water partition coefficient (Wildman–Crippen LogP) is 2.38. The Morgan fingerprint density at radius 1 is 1.08 bits per heavy atom. The van der Waals surface area contributed by atoms with Gasteiger partial charge in [0.15, 0.2) is 0 Å². The number of amides is 1. The van der Waals surface area contributed by atoms with E-state index in [-0.39, 0.29) is 17.4 Å². The summed E-state index contributed by atoms with van der Waals surface area (Å²) in [7, 11) is 0. The maximum absolute atomic E-state index is 13.0. The highest BCUT2D eigenvalue weighted by atomic mass is 16.3. The van der Waals surface area contributed by atoms with Crippen molar-refractivity contribution in [3.8, 4) is 0 Å². The summed E-state index contributed by atoms with van der Waals surface area (Å²) in [5.41, 5.74) is 0.804. The summed E-state index contributed by atoms with van der Waals surface area (Å²) in [5, 5.41) is 20.6. The zero-order valence-corrected chi connectivity index (χ0v) is 15.3. The number of rotatable bonds is 4. The minimum Gasteiger partial charge on any atom is -0.390 e. The van der Waals surface area contributed by atoms with E-state index >= 15 is 0 Å². The summed E-state index contributed by atoms with van der Waals surface area (Å²) in [6, 6.07) is 10.6. The van der Waals surface area contributed by atoms with Crippen LogP contribution < -0.4 is 0 Å². The van der Waals surface area contributed by atoms with Crippen molar-refractivity contribution >= 4 is 5.91 Å². The average Bonchev–Trinajstić information content (AvgIpc) is 2.56. The Kier molecular flexibility index (Phi) is 3.74. The van der Waals surface area contributed by atoms with E-state index in [4.69, 9.17) is 0 Å². The van der Waals surface area contributed by atoms with Gasteiger partial charge in [-0.25, -0.2) is 0 Å². The zero-order valence-electron chi connectivity index (χ0n) is 15.3. The van der Waals surface area contributed by atoms with Gasteiger partial charge in [-0.2, -0.15) is 0 Å². The monoisotopic (exact) mass is 355 g/mol. The van der Waals surface area contributed by atoms with Crippen LogP contribution in [0.15, 0.2) is 30.3 Å². The molecule has 1 amide bonds. The van der Waals surface area contributed by atoms with E-state index in [0.29, 0.717) is 37.3 Å². The Morgan fingerprint density at radius 3 is 2.31 bits per heavy atom. The van der Waals surface area contributed by atoms with E-state index in [1.165, 1.54) is 18.4 Å². The Labute approximate surface area is 155 Å². The SMILES string of the molecule is O=C(C[C@]1(Cc2ccccc2)C2CC3CC1C[C@](O)(C3)C2)N1CC(O)C1. The lowest BCUT2D eigenvalue weighted by molar-refractivity contribution is -0.198. The number of β-amino-alcohol motifs (C(OH)–C–C–N with tert-alkyl or cyclic N) is 1. The van der Waals surface area contributed by atoms with E-state index in [2.05, 4.69) is 24.3 Å². The molecule has 2 N–H and O–H groups in total. The van der Waals surface area contributed by atoms with Gasteiger partial charge in [-0.1, -0.05) is 30.3 Å². The number of carbonyl (C=O) groups excluding carboxylic acids is 1. The summed E-state index contributed by atoms with van der Waals surface area (Å²) in [6.07, 6.45) is 6.20. The average molecular weight is 355 g/mol.